The maximum atomic E-state index is 9.88. The minimum absolute atomic E-state index is 0.282. The number of hydrogen-bond donors (Lipinski definition) is 2. The van der Waals surface area contributed by atoms with Crippen LogP contribution in [0.1, 0.15) is 18.1 Å². The van der Waals surface area contributed by atoms with Gasteiger partial charge < -0.3 is 10.8 Å². The summed E-state index contributed by atoms with van der Waals surface area (Å²) in [6.07, 6.45) is 4.29. The van der Waals surface area contributed by atoms with Gasteiger partial charge in [-0.1, -0.05) is 43.0 Å². The number of allylic oxidation sites excluding steroid dienone is 4. The highest BCUT2D eigenvalue weighted by molar-refractivity contribution is 5.79. The van der Waals surface area contributed by atoms with E-state index in [4.69, 9.17) is 5.73 Å². The molecule has 2 nitrogen and oxygen atoms in total. The molecule has 0 aliphatic rings. The van der Waals surface area contributed by atoms with Crippen LogP contribution in [0.4, 0.5) is 0 Å². The van der Waals surface area contributed by atoms with Crippen LogP contribution in [-0.4, -0.2) is 11.7 Å². The van der Waals surface area contributed by atoms with Gasteiger partial charge in [-0.05, 0) is 42.7 Å². The van der Waals surface area contributed by atoms with Crippen LogP contribution in [0.2, 0.25) is 0 Å². The van der Waals surface area contributed by atoms with E-state index in [0.29, 0.717) is 13.0 Å². The molecule has 1 aromatic carbocycles. The summed E-state index contributed by atoms with van der Waals surface area (Å²) < 4.78 is 0. The zero-order valence-corrected chi connectivity index (χ0v) is 10.2. The second kappa shape index (κ2) is 6.06. The summed E-state index contributed by atoms with van der Waals surface area (Å²) in [7, 11) is 0. The van der Waals surface area contributed by atoms with Crippen molar-refractivity contribution in [3.8, 4) is 5.75 Å². The summed E-state index contributed by atoms with van der Waals surface area (Å²) in [6.45, 7) is 10.1. The van der Waals surface area contributed by atoms with Crippen LogP contribution < -0.4 is 5.73 Å². The highest BCUT2D eigenvalue weighted by Gasteiger charge is 2.06. The van der Waals surface area contributed by atoms with Crippen LogP contribution >= 0.6 is 0 Å². The van der Waals surface area contributed by atoms with E-state index in [9.17, 15) is 5.11 Å². The third-order valence-corrected chi connectivity index (χ3v) is 2.55. The predicted octanol–water partition coefficient (Wildman–Crippen LogP) is 3.04. The smallest absolute Gasteiger partial charge is 0.119 e. The Kier molecular flexibility index (Phi) is 4.73. The molecule has 90 valence electrons. The molecule has 0 unspecified atom stereocenters. The second-order valence-electron chi connectivity index (χ2n) is 3.98. The number of phenols is 1. The lowest BCUT2D eigenvalue weighted by molar-refractivity contribution is 0.468. The number of phenolic OH excluding ortho intramolecular Hbond substituents is 1. The molecule has 3 N–H and O–H groups in total. The molecule has 0 aliphatic carbocycles. The lowest BCUT2D eigenvalue weighted by atomic mass is 9.97. The van der Waals surface area contributed by atoms with Crippen molar-refractivity contribution in [1.29, 1.82) is 0 Å². The first-order valence-electron chi connectivity index (χ1n) is 5.61. The molecule has 0 aliphatic heterocycles. The molecule has 0 fully saturated rings. The number of nitrogens with two attached hydrogens (primary N) is 1. The van der Waals surface area contributed by atoms with Gasteiger partial charge in [-0.25, -0.2) is 0 Å². The van der Waals surface area contributed by atoms with Gasteiger partial charge in [-0.2, -0.15) is 0 Å². The summed E-state index contributed by atoms with van der Waals surface area (Å²) in [6, 6.07) is 5.61. The minimum atomic E-state index is 0.282. The summed E-state index contributed by atoms with van der Waals surface area (Å²) in [5.41, 5.74) is 9.21. The molecule has 0 atom stereocenters. The van der Waals surface area contributed by atoms with Crippen LogP contribution in [0.5, 0.6) is 5.75 Å². The fourth-order valence-electron chi connectivity index (χ4n) is 1.70. The topological polar surface area (TPSA) is 46.2 Å². The van der Waals surface area contributed by atoms with Gasteiger partial charge in [-0.15, -0.1) is 0 Å². The first-order valence-corrected chi connectivity index (χ1v) is 5.61. The third kappa shape index (κ3) is 3.33. The van der Waals surface area contributed by atoms with Crippen LogP contribution in [-0.2, 0) is 6.42 Å². The molecule has 1 rings (SSSR count). The normalized spacial score (nSPS) is 11.3. The van der Waals surface area contributed by atoms with E-state index >= 15 is 0 Å². The fraction of sp³-hybridized carbons (Fsp3) is 0.200. The summed E-state index contributed by atoms with van der Waals surface area (Å²) in [5, 5.41) is 9.88. The highest BCUT2D eigenvalue weighted by atomic mass is 16.3. The van der Waals surface area contributed by atoms with Crippen molar-refractivity contribution in [1.82, 2.24) is 0 Å². The molecular formula is C15H19NO. The van der Waals surface area contributed by atoms with E-state index in [-0.39, 0.29) is 5.75 Å². The number of hydrogen-bond acceptors (Lipinski definition) is 2. The number of aromatic hydroxyl groups is 1. The number of benzene rings is 1. The Morgan fingerprint density at radius 1 is 1.47 bits per heavy atom. The van der Waals surface area contributed by atoms with Gasteiger partial charge in [0.15, 0.2) is 0 Å². The van der Waals surface area contributed by atoms with E-state index < -0.39 is 0 Å². The van der Waals surface area contributed by atoms with Gasteiger partial charge >= 0.3 is 0 Å². The Hall–Kier alpha value is -1.80. The molecule has 0 radical (unpaired) electrons. The van der Waals surface area contributed by atoms with Crippen molar-refractivity contribution < 1.29 is 5.11 Å². The zero-order chi connectivity index (χ0) is 12.8. The lowest BCUT2D eigenvalue weighted by Gasteiger charge is -2.10. The van der Waals surface area contributed by atoms with Crippen LogP contribution in [0.3, 0.4) is 0 Å². The molecule has 0 amide bonds. The second-order valence-corrected chi connectivity index (χ2v) is 3.98. The van der Waals surface area contributed by atoms with Gasteiger partial charge in [0.2, 0.25) is 0 Å². The standard InChI is InChI=1S/C15H19NO/c1-4-5-14(11(2)3)13-7-6-12(8-9-16)15(17)10-13/h4-7,10,17H,1-2,8-9,16H2,3H3/b14-5+. The lowest BCUT2D eigenvalue weighted by Crippen LogP contribution is -2.03. The average Bonchev–Trinajstić information content (AvgIpc) is 2.28. The van der Waals surface area contributed by atoms with Gasteiger partial charge in [0.25, 0.3) is 0 Å². The molecule has 2 heteroatoms. The maximum Gasteiger partial charge on any atom is 0.119 e. The molecule has 0 heterocycles. The van der Waals surface area contributed by atoms with Crippen molar-refractivity contribution in [2.75, 3.05) is 6.54 Å². The highest BCUT2D eigenvalue weighted by Crippen LogP contribution is 2.27. The van der Waals surface area contributed by atoms with E-state index in [1.165, 1.54) is 0 Å². The molecule has 0 bridgehead atoms. The van der Waals surface area contributed by atoms with E-state index in [1.54, 1.807) is 12.1 Å². The van der Waals surface area contributed by atoms with Gasteiger partial charge in [-0.3, -0.25) is 0 Å². The summed E-state index contributed by atoms with van der Waals surface area (Å²) >= 11 is 0. The van der Waals surface area contributed by atoms with Crippen molar-refractivity contribution in [2.24, 2.45) is 5.73 Å². The Morgan fingerprint density at radius 2 is 2.18 bits per heavy atom. The molecule has 0 saturated carbocycles. The van der Waals surface area contributed by atoms with Crippen molar-refractivity contribution >= 4 is 5.57 Å². The molecule has 1 aromatic rings. The Bertz CT molecular complexity index is 458. The average molecular weight is 229 g/mol. The van der Waals surface area contributed by atoms with Crippen molar-refractivity contribution in [2.45, 2.75) is 13.3 Å². The SMILES string of the molecule is C=C/C=C(\C(=C)C)c1ccc(CCN)c(O)c1. The predicted molar refractivity (Wildman–Crippen MR) is 73.9 cm³/mol. The largest absolute Gasteiger partial charge is 0.508 e. The summed E-state index contributed by atoms with van der Waals surface area (Å²) in [5.74, 6) is 0.282. The van der Waals surface area contributed by atoms with E-state index in [2.05, 4.69) is 13.2 Å². The Morgan fingerprint density at radius 3 is 2.65 bits per heavy atom. The minimum Gasteiger partial charge on any atom is -0.508 e. The summed E-state index contributed by atoms with van der Waals surface area (Å²) in [4.78, 5) is 0. The monoisotopic (exact) mass is 229 g/mol. The first-order chi connectivity index (χ1) is 8.10. The van der Waals surface area contributed by atoms with E-state index in [1.807, 2.05) is 25.1 Å². The quantitative estimate of drug-likeness (QED) is 0.762. The molecular weight excluding hydrogens is 210 g/mol. The van der Waals surface area contributed by atoms with Crippen molar-refractivity contribution in [3.63, 3.8) is 0 Å². The molecule has 0 saturated heterocycles. The third-order valence-electron chi connectivity index (χ3n) is 2.55. The van der Waals surface area contributed by atoms with Gasteiger partial charge in [0.05, 0.1) is 0 Å². The van der Waals surface area contributed by atoms with Crippen LogP contribution in [0.25, 0.3) is 5.57 Å². The van der Waals surface area contributed by atoms with Gasteiger partial charge in [0, 0.05) is 0 Å². The van der Waals surface area contributed by atoms with E-state index in [0.717, 1.165) is 22.3 Å². The Labute approximate surface area is 103 Å². The molecule has 0 spiro atoms. The fourth-order valence-corrected chi connectivity index (χ4v) is 1.70. The van der Waals surface area contributed by atoms with Crippen LogP contribution in [0.15, 0.2) is 49.1 Å². The Balaban J connectivity index is 3.15. The zero-order valence-electron chi connectivity index (χ0n) is 10.2. The van der Waals surface area contributed by atoms with Gasteiger partial charge in [0.1, 0.15) is 5.75 Å². The van der Waals surface area contributed by atoms with Crippen molar-refractivity contribution in [3.05, 3.63) is 60.2 Å². The van der Waals surface area contributed by atoms with Crippen LogP contribution in [0, 0.1) is 0 Å². The molecule has 0 aromatic heterocycles. The molecule has 17 heavy (non-hydrogen) atoms. The maximum absolute atomic E-state index is 9.88. The first kappa shape index (κ1) is 13.3. The number of rotatable bonds is 5.